The Morgan fingerprint density at radius 2 is 2.20 bits per heavy atom. The van der Waals surface area contributed by atoms with E-state index >= 15 is 0 Å². The summed E-state index contributed by atoms with van der Waals surface area (Å²) in [6, 6.07) is -0.862. The first-order valence-corrected chi connectivity index (χ1v) is 3.09. The molecule has 1 fully saturated rings. The number of amides is 2. The van der Waals surface area contributed by atoms with E-state index in [0.717, 1.165) is 0 Å². The molecule has 2 atom stereocenters. The Bertz CT molecular complexity index is 140. The molecular weight excluding hydrogens is 134 g/mol. The van der Waals surface area contributed by atoms with Crippen molar-refractivity contribution in [1.29, 1.82) is 0 Å². The van der Waals surface area contributed by atoms with Crippen LogP contribution < -0.4 is 11.5 Å². The fourth-order valence-corrected chi connectivity index (χ4v) is 0.992. The molecule has 1 aliphatic rings. The molecule has 10 heavy (non-hydrogen) atoms. The molecule has 2 amide bonds. The van der Waals surface area contributed by atoms with Gasteiger partial charge in [0.05, 0.1) is 6.10 Å². The maximum Gasteiger partial charge on any atom is 0.314 e. The quantitative estimate of drug-likeness (QED) is 0.370. The molecule has 5 N–H and O–H groups in total. The number of likely N-dealkylation sites (tertiary alicyclic amines) is 1. The van der Waals surface area contributed by atoms with Crippen LogP contribution in [0.15, 0.2) is 0 Å². The maximum absolute atomic E-state index is 10.5. The van der Waals surface area contributed by atoms with Crippen molar-refractivity contribution < 1.29 is 9.90 Å². The summed E-state index contributed by atoms with van der Waals surface area (Å²) in [7, 11) is 0. The lowest BCUT2D eigenvalue weighted by Gasteiger charge is -2.10. The van der Waals surface area contributed by atoms with Crippen LogP contribution >= 0.6 is 0 Å². The molecule has 0 aromatic heterocycles. The Labute approximate surface area is 58.6 Å². The van der Waals surface area contributed by atoms with Crippen LogP contribution in [0.4, 0.5) is 4.79 Å². The SMILES string of the molecule is NC(=O)N1CC(N)C(O)C1. The fourth-order valence-electron chi connectivity index (χ4n) is 0.992. The number of nitrogens with zero attached hydrogens (tertiary/aromatic N) is 1. The topological polar surface area (TPSA) is 92.6 Å². The second kappa shape index (κ2) is 2.43. The summed E-state index contributed by atoms with van der Waals surface area (Å²) in [6.07, 6.45) is -0.618. The Balaban J connectivity index is 2.49. The van der Waals surface area contributed by atoms with Crippen molar-refractivity contribution in [2.75, 3.05) is 13.1 Å². The van der Waals surface area contributed by atoms with Crippen molar-refractivity contribution in [3.05, 3.63) is 0 Å². The highest BCUT2D eigenvalue weighted by Crippen LogP contribution is 2.06. The number of hydrogen-bond acceptors (Lipinski definition) is 3. The second-order valence-corrected chi connectivity index (χ2v) is 2.47. The number of urea groups is 1. The first-order chi connectivity index (χ1) is 4.61. The predicted molar refractivity (Wildman–Crippen MR) is 35.1 cm³/mol. The molecule has 0 spiro atoms. The highest BCUT2D eigenvalue weighted by atomic mass is 16.3. The molecule has 0 bridgehead atoms. The van der Waals surface area contributed by atoms with Gasteiger partial charge in [0.25, 0.3) is 0 Å². The van der Waals surface area contributed by atoms with Crippen molar-refractivity contribution in [3.8, 4) is 0 Å². The molecule has 2 unspecified atom stereocenters. The molecule has 0 aromatic carbocycles. The van der Waals surface area contributed by atoms with E-state index in [2.05, 4.69) is 0 Å². The van der Waals surface area contributed by atoms with Gasteiger partial charge in [0.15, 0.2) is 0 Å². The van der Waals surface area contributed by atoms with Crippen molar-refractivity contribution >= 4 is 6.03 Å². The van der Waals surface area contributed by atoms with E-state index in [1.54, 1.807) is 0 Å². The number of rotatable bonds is 0. The lowest BCUT2D eigenvalue weighted by atomic mass is 10.2. The largest absolute Gasteiger partial charge is 0.390 e. The number of carbonyl (C=O) groups excluding carboxylic acids is 1. The van der Waals surface area contributed by atoms with E-state index in [4.69, 9.17) is 16.6 Å². The molecule has 0 radical (unpaired) electrons. The smallest absolute Gasteiger partial charge is 0.314 e. The van der Waals surface area contributed by atoms with Gasteiger partial charge in [-0.25, -0.2) is 4.79 Å². The Hall–Kier alpha value is -0.810. The van der Waals surface area contributed by atoms with Crippen LogP contribution in [0, 0.1) is 0 Å². The summed E-state index contributed by atoms with van der Waals surface area (Å²) < 4.78 is 0. The van der Waals surface area contributed by atoms with Crippen molar-refractivity contribution in [2.45, 2.75) is 12.1 Å². The first kappa shape index (κ1) is 7.30. The van der Waals surface area contributed by atoms with Gasteiger partial charge < -0.3 is 21.5 Å². The molecule has 1 heterocycles. The van der Waals surface area contributed by atoms with Gasteiger partial charge in [0.2, 0.25) is 0 Å². The van der Waals surface area contributed by atoms with Crippen LogP contribution in [-0.4, -0.2) is 41.3 Å². The molecule has 1 aliphatic heterocycles. The minimum absolute atomic E-state index is 0.260. The summed E-state index contributed by atoms with van der Waals surface area (Å²) >= 11 is 0. The number of hydrogen-bond donors (Lipinski definition) is 3. The fraction of sp³-hybridized carbons (Fsp3) is 0.800. The summed E-state index contributed by atoms with van der Waals surface area (Å²) in [4.78, 5) is 11.8. The van der Waals surface area contributed by atoms with E-state index in [0.29, 0.717) is 6.54 Å². The third-order valence-corrected chi connectivity index (χ3v) is 1.64. The number of aliphatic hydroxyl groups is 1. The predicted octanol–water partition coefficient (Wildman–Crippen LogP) is -1.93. The van der Waals surface area contributed by atoms with E-state index in [1.807, 2.05) is 0 Å². The number of carbonyl (C=O) groups is 1. The number of β-amino-alcohol motifs (C(OH)–C–C–N with tert-alkyl or cyclic N) is 1. The molecular formula is C5H11N3O2. The molecule has 0 saturated carbocycles. The summed E-state index contributed by atoms with van der Waals surface area (Å²) in [5.74, 6) is 0. The van der Waals surface area contributed by atoms with Gasteiger partial charge in [-0.1, -0.05) is 0 Å². The zero-order valence-corrected chi connectivity index (χ0v) is 5.53. The van der Waals surface area contributed by atoms with Gasteiger partial charge in [0, 0.05) is 19.1 Å². The lowest BCUT2D eigenvalue weighted by Crippen LogP contribution is -2.35. The van der Waals surface area contributed by atoms with E-state index in [-0.39, 0.29) is 12.6 Å². The first-order valence-electron chi connectivity index (χ1n) is 3.09. The van der Waals surface area contributed by atoms with Crippen LogP contribution in [0.5, 0.6) is 0 Å². The second-order valence-electron chi connectivity index (χ2n) is 2.47. The highest BCUT2D eigenvalue weighted by Gasteiger charge is 2.29. The zero-order chi connectivity index (χ0) is 7.72. The van der Waals surface area contributed by atoms with Gasteiger partial charge in [-0.05, 0) is 0 Å². The molecule has 58 valence electrons. The van der Waals surface area contributed by atoms with Gasteiger partial charge in [-0.2, -0.15) is 0 Å². The van der Waals surface area contributed by atoms with Crippen LogP contribution in [-0.2, 0) is 0 Å². The standard InChI is InChI=1S/C5H11N3O2/c6-3-1-8(5(7)10)2-4(3)9/h3-4,9H,1-2,6H2,(H2,7,10). The molecule has 5 heteroatoms. The van der Waals surface area contributed by atoms with Gasteiger partial charge in [-0.15, -0.1) is 0 Å². The molecule has 1 saturated heterocycles. The Morgan fingerprint density at radius 3 is 2.40 bits per heavy atom. The summed E-state index contributed by atoms with van der Waals surface area (Å²) in [5.41, 5.74) is 10.3. The number of primary amides is 1. The Morgan fingerprint density at radius 1 is 1.60 bits per heavy atom. The summed E-state index contributed by atoms with van der Waals surface area (Å²) in [6.45, 7) is 0.618. The van der Waals surface area contributed by atoms with Gasteiger partial charge in [-0.3, -0.25) is 0 Å². The molecule has 0 aromatic rings. The van der Waals surface area contributed by atoms with Crippen molar-refractivity contribution in [1.82, 2.24) is 4.90 Å². The minimum Gasteiger partial charge on any atom is -0.390 e. The average molecular weight is 145 g/mol. The minimum atomic E-state index is -0.618. The summed E-state index contributed by atoms with van der Waals surface area (Å²) in [5, 5.41) is 9.04. The molecule has 5 nitrogen and oxygen atoms in total. The van der Waals surface area contributed by atoms with Gasteiger partial charge >= 0.3 is 6.03 Å². The third-order valence-electron chi connectivity index (χ3n) is 1.64. The van der Waals surface area contributed by atoms with Crippen LogP contribution in [0.2, 0.25) is 0 Å². The zero-order valence-electron chi connectivity index (χ0n) is 5.53. The highest BCUT2D eigenvalue weighted by molar-refractivity contribution is 5.72. The lowest BCUT2D eigenvalue weighted by molar-refractivity contribution is 0.166. The van der Waals surface area contributed by atoms with E-state index in [1.165, 1.54) is 4.90 Å². The van der Waals surface area contributed by atoms with Crippen LogP contribution in [0.1, 0.15) is 0 Å². The number of nitrogens with two attached hydrogens (primary N) is 2. The van der Waals surface area contributed by atoms with Crippen LogP contribution in [0.25, 0.3) is 0 Å². The monoisotopic (exact) mass is 145 g/mol. The molecule has 1 rings (SSSR count). The third kappa shape index (κ3) is 1.19. The van der Waals surface area contributed by atoms with Gasteiger partial charge in [0.1, 0.15) is 0 Å². The molecule has 0 aliphatic carbocycles. The van der Waals surface area contributed by atoms with Crippen LogP contribution in [0.3, 0.4) is 0 Å². The van der Waals surface area contributed by atoms with Crippen molar-refractivity contribution in [3.63, 3.8) is 0 Å². The number of aliphatic hydroxyl groups excluding tert-OH is 1. The van der Waals surface area contributed by atoms with E-state index < -0.39 is 12.1 Å². The normalized spacial score (nSPS) is 32.8. The maximum atomic E-state index is 10.5. The Kier molecular flexibility index (Phi) is 1.78. The van der Waals surface area contributed by atoms with E-state index in [9.17, 15) is 4.79 Å². The average Bonchev–Trinajstić information content (AvgIpc) is 2.13. The van der Waals surface area contributed by atoms with Crippen molar-refractivity contribution in [2.24, 2.45) is 11.5 Å².